The number of thiazole rings is 1. The van der Waals surface area contributed by atoms with Gasteiger partial charge in [-0.25, -0.2) is 18.2 Å². The second-order valence-electron chi connectivity index (χ2n) is 4.64. The molecule has 0 fully saturated rings. The molecular formula is C15H11F3N2S. The van der Waals surface area contributed by atoms with Crippen LogP contribution in [0.15, 0.2) is 30.3 Å². The molecule has 21 heavy (non-hydrogen) atoms. The largest absolute Gasteiger partial charge is 0.381 e. The van der Waals surface area contributed by atoms with Gasteiger partial charge in [0.2, 0.25) is 0 Å². The maximum absolute atomic E-state index is 13.1. The topological polar surface area (TPSA) is 24.9 Å². The molecule has 0 spiro atoms. The third kappa shape index (κ3) is 2.85. The molecule has 0 unspecified atom stereocenters. The van der Waals surface area contributed by atoms with Gasteiger partial charge in [-0.05, 0) is 42.8 Å². The molecule has 0 saturated heterocycles. The summed E-state index contributed by atoms with van der Waals surface area (Å²) in [7, 11) is 0. The molecule has 2 nitrogen and oxygen atoms in total. The molecule has 0 aliphatic heterocycles. The van der Waals surface area contributed by atoms with E-state index in [2.05, 4.69) is 10.3 Å². The van der Waals surface area contributed by atoms with Crippen LogP contribution in [-0.4, -0.2) is 4.98 Å². The van der Waals surface area contributed by atoms with Gasteiger partial charge in [0.1, 0.15) is 0 Å². The van der Waals surface area contributed by atoms with Gasteiger partial charge >= 0.3 is 0 Å². The summed E-state index contributed by atoms with van der Waals surface area (Å²) in [5.41, 5.74) is 2.07. The Bertz CT molecular complexity index is 791. The normalized spacial score (nSPS) is 11.0. The summed E-state index contributed by atoms with van der Waals surface area (Å²) in [6.45, 7) is 2.14. The molecule has 1 heterocycles. The Morgan fingerprint density at radius 1 is 1.10 bits per heavy atom. The minimum atomic E-state index is -1.44. The molecule has 0 atom stereocenters. The second-order valence-corrected chi connectivity index (χ2v) is 5.88. The average molecular weight is 308 g/mol. The monoisotopic (exact) mass is 308 g/mol. The Labute approximate surface area is 123 Å². The molecule has 0 aliphatic carbocycles. The molecule has 108 valence electrons. The second kappa shape index (κ2) is 5.37. The smallest absolute Gasteiger partial charge is 0.194 e. The van der Waals surface area contributed by atoms with Gasteiger partial charge in [-0.15, -0.1) is 11.3 Å². The number of halogens is 3. The van der Waals surface area contributed by atoms with E-state index in [-0.39, 0.29) is 6.54 Å². The summed E-state index contributed by atoms with van der Waals surface area (Å²) in [6.07, 6.45) is 0. The minimum Gasteiger partial charge on any atom is -0.381 e. The lowest BCUT2D eigenvalue weighted by Crippen LogP contribution is -2.02. The molecule has 0 radical (unpaired) electrons. The zero-order chi connectivity index (χ0) is 15.0. The van der Waals surface area contributed by atoms with Crippen LogP contribution in [-0.2, 0) is 6.54 Å². The highest BCUT2D eigenvalue weighted by molar-refractivity contribution is 7.18. The molecule has 3 rings (SSSR count). The van der Waals surface area contributed by atoms with E-state index in [1.807, 2.05) is 25.1 Å². The lowest BCUT2D eigenvalue weighted by molar-refractivity contribution is 0.445. The van der Waals surface area contributed by atoms with Crippen molar-refractivity contribution in [2.45, 2.75) is 13.5 Å². The first-order valence-electron chi connectivity index (χ1n) is 6.27. The number of hydrogen-bond acceptors (Lipinski definition) is 3. The van der Waals surface area contributed by atoms with E-state index in [9.17, 15) is 13.2 Å². The molecule has 0 saturated carbocycles. The molecule has 0 bridgehead atoms. The lowest BCUT2D eigenvalue weighted by atomic mass is 10.2. The first kappa shape index (κ1) is 13.9. The first-order valence-corrected chi connectivity index (χ1v) is 7.09. The molecule has 0 amide bonds. The van der Waals surface area contributed by atoms with Gasteiger partial charge in [0.15, 0.2) is 17.5 Å². The van der Waals surface area contributed by atoms with Gasteiger partial charge in [0.05, 0.1) is 15.2 Å². The van der Waals surface area contributed by atoms with E-state index in [0.717, 1.165) is 33.0 Å². The van der Waals surface area contributed by atoms with Crippen molar-refractivity contribution in [1.82, 2.24) is 4.98 Å². The van der Waals surface area contributed by atoms with Crippen molar-refractivity contribution in [2.75, 3.05) is 5.32 Å². The van der Waals surface area contributed by atoms with Crippen molar-refractivity contribution in [2.24, 2.45) is 0 Å². The molecule has 1 N–H and O–H groups in total. The molecule has 0 aliphatic rings. The van der Waals surface area contributed by atoms with Crippen LogP contribution in [0.2, 0.25) is 0 Å². The third-order valence-electron chi connectivity index (χ3n) is 3.04. The molecule has 6 heteroatoms. The van der Waals surface area contributed by atoms with Gasteiger partial charge in [-0.3, -0.25) is 0 Å². The van der Waals surface area contributed by atoms with E-state index >= 15 is 0 Å². The maximum Gasteiger partial charge on any atom is 0.194 e. The molecule has 1 aromatic heterocycles. The SMILES string of the molecule is Cc1nc2ccc(NCc3cc(F)c(F)c(F)c3)cc2s1. The zero-order valence-corrected chi connectivity index (χ0v) is 11.9. The number of nitrogens with one attached hydrogen (secondary N) is 1. The van der Waals surface area contributed by atoms with Gasteiger partial charge in [-0.2, -0.15) is 0 Å². The predicted octanol–water partition coefficient (Wildman–Crippen LogP) is 4.63. The van der Waals surface area contributed by atoms with Crippen molar-refractivity contribution in [3.8, 4) is 0 Å². The highest BCUT2D eigenvalue weighted by Crippen LogP contribution is 2.25. The van der Waals surface area contributed by atoms with Gasteiger partial charge in [-0.1, -0.05) is 0 Å². The van der Waals surface area contributed by atoms with Crippen LogP contribution in [0.25, 0.3) is 10.2 Å². The van der Waals surface area contributed by atoms with Crippen LogP contribution in [0.5, 0.6) is 0 Å². The summed E-state index contributed by atoms with van der Waals surface area (Å²) in [4.78, 5) is 4.36. The summed E-state index contributed by atoms with van der Waals surface area (Å²) >= 11 is 1.57. The number of aromatic nitrogens is 1. The lowest BCUT2D eigenvalue weighted by Gasteiger charge is -2.07. The van der Waals surface area contributed by atoms with Crippen molar-refractivity contribution in [3.05, 3.63) is 58.4 Å². The number of anilines is 1. The average Bonchev–Trinajstić information content (AvgIpc) is 2.81. The Morgan fingerprint density at radius 2 is 1.81 bits per heavy atom. The van der Waals surface area contributed by atoms with Crippen molar-refractivity contribution < 1.29 is 13.2 Å². The summed E-state index contributed by atoms with van der Waals surface area (Å²) in [5.74, 6) is -3.80. The van der Waals surface area contributed by atoms with E-state index in [1.165, 1.54) is 0 Å². The zero-order valence-electron chi connectivity index (χ0n) is 11.1. The van der Waals surface area contributed by atoms with Crippen LogP contribution in [0, 0.1) is 24.4 Å². The first-order chi connectivity index (χ1) is 10.0. The summed E-state index contributed by atoms with van der Waals surface area (Å²) in [6, 6.07) is 7.63. The fourth-order valence-corrected chi connectivity index (χ4v) is 2.93. The number of rotatable bonds is 3. The Kier molecular flexibility index (Phi) is 3.55. The van der Waals surface area contributed by atoms with Gasteiger partial charge < -0.3 is 5.32 Å². The minimum absolute atomic E-state index is 0.206. The standard InChI is InChI=1S/C15H11F3N2S/c1-8-20-13-3-2-10(6-14(13)21-8)19-7-9-4-11(16)15(18)12(17)5-9/h2-6,19H,7H2,1H3. The Balaban J connectivity index is 1.79. The highest BCUT2D eigenvalue weighted by atomic mass is 32.1. The van der Waals surface area contributed by atoms with Crippen molar-refractivity contribution in [3.63, 3.8) is 0 Å². The van der Waals surface area contributed by atoms with E-state index in [0.29, 0.717) is 5.56 Å². The third-order valence-corrected chi connectivity index (χ3v) is 3.97. The van der Waals surface area contributed by atoms with Crippen molar-refractivity contribution in [1.29, 1.82) is 0 Å². The highest BCUT2D eigenvalue weighted by Gasteiger charge is 2.10. The molecule has 3 aromatic rings. The van der Waals surface area contributed by atoms with Crippen LogP contribution >= 0.6 is 11.3 Å². The van der Waals surface area contributed by atoms with Crippen LogP contribution < -0.4 is 5.32 Å². The number of fused-ring (bicyclic) bond motifs is 1. The van der Waals surface area contributed by atoms with Crippen molar-refractivity contribution >= 4 is 27.2 Å². The summed E-state index contributed by atoms with van der Waals surface area (Å²) in [5, 5.41) is 4.04. The summed E-state index contributed by atoms with van der Waals surface area (Å²) < 4.78 is 40.2. The molecular weight excluding hydrogens is 297 g/mol. The number of hydrogen-bond donors (Lipinski definition) is 1. The Morgan fingerprint density at radius 3 is 2.52 bits per heavy atom. The van der Waals surface area contributed by atoms with Gasteiger partial charge in [0.25, 0.3) is 0 Å². The Hall–Kier alpha value is -2.08. The number of benzene rings is 2. The van der Waals surface area contributed by atoms with Gasteiger partial charge in [0, 0.05) is 12.2 Å². The quantitative estimate of drug-likeness (QED) is 0.713. The number of nitrogens with zero attached hydrogens (tertiary/aromatic N) is 1. The predicted molar refractivity (Wildman–Crippen MR) is 78.0 cm³/mol. The number of aryl methyl sites for hydroxylation is 1. The van der Waals surface area contributed by atoms with Crippen LogP contribution in [0.3, 0.4) is 0 Å². The van der Waals surface area contributed by atoms with Crippen LogP contribution in [0.4, 0.5) is 18.9 Å². The van der Waals surface area contributed by atoms with Crippen LogP contribution in [0.1, 0.15) is 10.6 Å². The molecule has 2 aromatic carbocycles. The van der Waals surface area contributed by atoms with E-state index < -0.39 is 17.5 Å². The van der Waals surface area contributed by atoms with E-state index in [1.54, 1.807) is 11.3 Å². The van der Waals surface area contributed by atoms with E-state index in [4.69, 9.17) is 0 Å². The maximum atomic E-state index is 13.1. The fourth-order valence-electron chi connectivity index (χ4n) is 2.06. The fraction of sp³-hybridized carbons (Fsp3) is 0.133.